The Morgan fingerprint density at radius 2 is 2.11 bits per heavy atom. The molecule has 1 amide bonds. The van der Waals surface area contributed by atoms with Crippen molar-refractivity contribution in [1.29, 1.82) is 0 Å². The third-order valence-corrected chi connectivity index (χ3v) is 3.18. The lowest BCUT2D eigenvalue weighted by Gasteiger charge is -2.15. The first-order valence-corrected chi connectivity index (χ1v) is 6.12. The fourth-order valence-electron chi connectivity index (χ4n) is 2.15. The van der Waals surface area contributed by atoms with Crippen LogP contribution in [0.1, 0.15) is 6.42 Å². The zero-order chi connectivity index (χ0) is 13.0. The number of nitrogens with one attached hydrogen (secondary N) is 2. The van der Waals surface area contributed by atoms with Crippen molar-refractivity contribution in [3.05, 3.63) is 30.1 Å². The van der Waals surface area contributed by atoms with Crippen LogP contribution in [0.3, 0.4) is 0 Å². The first-order chi connectivity index (χ1) is 8.67. The number of carbonyl (C=O) groups is 1. The van der Waals surface area contributed by atoms with Gasteiger partial charge in [-0.15, -0.1) is 12.4 Å². The SMILES string of the molecule is CNC1CCN(CC(=O)Nc2ccc(F)cc2)C1.Cl. The lowest BCUT2D eigenvalue weighted by atomic mass is 10.3. The minimum Gasteiger partial charge on any atom is -0.325 e. The van der Waals surface area contributed by atoms with Crippen LogP contribution in [0.5, 0.6) is 0 Å². The molecule has 1 fully saturated rings. The summed E-state index contributed by atoms with van der Waals surface area (Å²) in [5.74, 6) is -0.359. The molecule has 1 aliphatic heterocycles. The average Bonchev–Trinajstić information content (AvgIpc) is 2.79. The van der Waals surface area contributed by atoms with Crippen LogP contribution in [-0.4, -0.2) is 43.5 Å². The first-order valence-electron chi connectivity index (χ1n) is 6.12. The quantitative estimate of drug-likeness (QED) is 0.882. The van der Waals surface area contributed by atoms with Crippen LogP contribution in [0.4, 0.5) is 10.1 Å². The number of carbonyl (C=O) groups excluding carboxylic acids is 1. The number of amides is 1. The summed E-state index contributed by atoms with van der Waals surface area (Å²) in [5.41, 5.74) is 0.630. The number of rotatable bonds is 4. The van der Waals surface area contributed by atoms with Gasteiger partial charge >= 0.3 is 0 Å². The first kappa shape index (κ1) is 15.9. The molecule has 4 nitrogen and oxygen atoms in total. The van der Waals surface area contributed by atoms with Crippen molar-refractivity contribution in [3.63, 3.8) is 0 Å². The number of hydrogen-bond acceptors (Lipinski definition) is 3. The van der Waals surface area contributed by atoms with Crippen LogP contribution in [0.15, 0.2) is 24.3 Å². The smallest absolute Gasteiger partial charge is 0.238 e. The average molecular weight is 288 g/mol. The van der Waals surface area contributed by atoms with Crippen molar-refractivity contribution in [1.82, 2.24) is 10.2 Å². The van der Waals surface area contributed by atoms with Gasteiger partial charge in [-0.3, -0.25) is 9.69 Å². The second kappa shape index (κ2) is 7.43. The van der Waals surface area contributed by atoms with Gasteiger partial charge in [-0.2, -0.15) is 0 Å². The molecule has 106 valence electrons. The van der Waals surface area contributed by atoms with E-state index in [2.05, 4.69) is 15.5 Å². The van der Waals surface area contributed by atoms with Crippen molar-refractivity contribution in [2.45, 2.75) is 12.5 Å². The second-order valence-corrected chi connectivity index (χ2v) is 4.56. The van der Waals surface area contributed by atoms with Crippen LogP contribution in [0, 0.1) is 5.82 Å². The monoisotopic (exact) mass is 287 g/mol. The van der Waals surface area contributed by atoms with Crippen LogP contribution >= 0.6 is 12.4 Å². The van der Waals surface area contributed by atoms with Crippen LogP contribution in [-0.2, 0) is 4.79 Å². The molecule has 0 aliphatic carbocycles. The van der Waals surface area contributed by atoms with Gasteiger partial charge in [0.25, 0.3) is 0 Å². The normalized spacial score (nSPS) is 18.9. The summed E-state index contributed by atoms with van der Waals surface area (Å²) in [4.78, 5) is 13.9. The van der Waals surface area contributed by atoms with E-state index in [0.717, 1.165) is 19.5 Å². The molecule has 1 aliphatic rings. The second-order valence-electron chi connectivity index (χ2n) is 4.56. The van der Waals surface area contributed by atoms with Gasteiger partial charge in [0.1, 0.15) is 5.82 Å². The number of hydrogen-bond donors (Lipinski definition) is 2. The van der Waals surface area contributed by atoms with Gasteiger partial charge in [0, 0.05) is 24.8 Å². The molecule has 2 rings (SSSR count). The van der Waals surface area contributed by atoms with Crippen LogP contribution in [0.25, 0.3) is 0 Å². The maximum atomic E-state index is 12.7. The Hall–Kier alpha value is -1.17. The molecule has 1 heterocycles. The highest BCUT2D eigenvalue weighted by Crippen LogP contribution is 2.10. The van der Waals surface area contributed by atoms with Crippen molar-refractivity contribution < 1.29 is 9.18 Å². The minimum absolute atomic E-state index is 0. The molecule has 0 aromatic heterocycles. The highest BCUT2D eigenvalue weighted by Gasteiger charge is 2.22. The summed E-state index contributed by atoms with van der Waals surface area (Å²) >= 11 is 0. The zero-order valence-electron chi connectivity index (χ0n) is 10.9. The Morgan fingerprint density at radius 3 is 2.68 bits per heavy atom. The predicted molar refractivity (Wildman–Crippen MR) is 76.2 cm³/mol. The minimum atomic E-state index is -0.301. The standard InChI is InChI=1S/C13H18FN3O.ClH/c1-15-12-6-7-17(8-12)9-13(18)16-11-4-2-10(14)3-5-11;/h2-5,12,15H,6-9H2,1H3,(H,16,18);1H. The van der Waals surface area contributed by atoms with Crippen molar-refractivity contribution >= 4 is 24.0 Å². The molecule has 0 saturated carbocycles. The molecule has 2 N–H and O–H groups in total. The zero-order valence-corrected chi connectivity index (χ0v) is 11.7. The van der Waals surface area contributed by atoms with Gasteiger partial charge < -0.3 is 10.6 Å². The fourth-order valence-corrected chi connectivity index (χ4v) is 2.15. The number of likely N-dealkylation sites (tertiary alicyclic amines) is 1. The Morgan fingerprint density at radius 1 is 1.42 bits per heavy atom. The lowest BCUT2D eigenvalue weighted by Crippen LogP contribution is -2.34. The molecular weight excluding hydrogens is 269 g/mol. The lowest BCUT2D eigenvalue weighted by molar-refractivity contribution is -0.117. The molecule has 1 aromatic carbocycles. The van der Waals surface area contributed by atoms with E-state index >= 15 is 0 Å². The number of benzene rings is 1. The molecule has 0 bridgehead atoms. The van der Waals surface area contributed by atoms with Crippen molar-refractivity contribution in [2.75, 3.05) is 32.0 Å². The van der Waals surface area contributed by atoms with Crippen molar-refractivity contribution in [3.8, 4) is 0 Å². The highest BCUT2D eigenvalue weighted by molar-refractivity contribution is 5.92. The fraction of sp³-hybridized carbons (Fsp3) is 0.462. The molecule has 1 unspecified atom stereocenters. The highest BCUT2D eigenvalue weighted by atomic mass is 35.5. The topological polar surface area (TPSA) is 44.4 Å². The molecule has 1 saturated heterocycles. The summed E-state index contributed by atoms with van der Waals surface area (Å²) < 4.78 is 12.7. The Balaban J connectivity index is 0.00000180. The van der Waals surface area contributed by atoms with E-state index < -0.39 is 0 Å². The van der Waals surface area contributed by atoms with E-state index in [0.29, 0.717) is 18.3 Å². The number of likely N-dealkylation sites (N-methyl/N-ethyl adjacent to an activating group) is 1. The maximum Gasteiger partial charge on any atom is 0.238 e. The molecule has 1 aromatic rings. The molecule has 1 atom stereocenters. The largest absolute Gasteiger partial charge is 0.325 e. The molecular formula is C13H19ClFN3O. The Kier molecular flexibility index (Phi) is 6.21. The maximum absolute atomic E-state index is 12.7. The van der Waals surface area contributed by atoms with Crippen LogP contribution in [0.2, 0.25) is 0 Å². The summed E-state index contributed by atoms with van der Waals surface area (Å²) in [6.07, 6.45) is 1.07. The van der Waals surface area contributed by atoms with Gasteiger partial charge in [0.15, 0.2) is 0 Å². The number of halogens is 2. The third kappa shape index (κ3) is 4.78. The predicted octanol–water partition coefficient (Wildman–Crippen LogP) is 1.48. The van der Waals surface area contributed by atoms with E-state index in [4.69, 9.17) is 0 Å². The third-order valence-electron chi connectivity index (χ3n) is 3.18. The van der Waals surface area contributed by atoms with Crippen molar-refractivity contribution in [2.24, 2.45) is 0 Å². The van der Waals surface area contributed by atoms with Gasteiger partial charge in [-0.25, -0.2) is 4.39 Å². The molecule has 0 spiro atoms. The summed E-state index contributed by atoms with van der Waals surface area (Å²) in [6.45, 7) is 2.21. The van der Waals surface area contributed by atoms with Gasteiger partial charge in [-0.1, -0.05) is 0 Å². The summed E-state index contributed by atoms with van der Waals surface area (Å²) in [7, 11) is 1.94. The van der Waals surface area contributed by atoms with Gasteiger partial charge in [0.05, 0.1) is 6.54 Å². The van der Waals surface area contributed by atoms with E-state index in [-0.39, 0.29) is 24.1 Å². The summed E-state index contributed by atoms with van der Waals surface area (Å²) in [5, 5.41) is 5.97. The van der Waals surface area contributed by atoms with E-state index in [9.17, 15) is 9.18 Å². The van der Waals surface area contributed by atoms with Gasteiger partial charge in [-0.05, 0) is 37.7 Å². The number of nitrogens with zero attached hydrogens (tertiary/aromatic N) is 1. The van der Waals surface area contributed by atoms with Crippen LogP contribution < -0.4 is 10.6 Å². The Bertz CT molecular complexity index is 413. The van der Waals surface area contributed by atoms with E-state index in [1.807, 2.05) is 7.05 Å². The van der Waals surface area contributed by atoms with E-state index in [1.165, 1.54) is 12.1 Å². The van der Waals surface area contributed by atoms with Gasteiger partial charge in [0.2, 0.25) is 5.91 Å². The summed E-state index contributed by atoms with van der Waals surface area (Å²) in [6, 6.07) is 6.27. The molecule has 0 radical (unpaired) electrons. The number of anilines is 1. The molecule has 19 heavy (non-hydrogen) atoms. The van der Waals surface area contributed by atoms with E-state index in [1.54, 1.807) is 12.1 Å². The molecule has 6 heteroatoms. The Labute approximate surface area is 118 Å².